The molecule has 0 bridgehead atoms. The number of fused-ring (bicyclic) bond motifs is 6. The van der Waals surface area contributed by atoms with Crippen LogP contribution in [0.4, 0.5) is 0 Å². The van der Waals surface area contributed by atoms with E-state index in [1.165, 1.54) is 45.1 Å². The molecule has 3 aromatic rings. The minimum absolute atomic E-state index is 0.0170. The fourth-order valence-corrected chi connectivity index (χ4v) is 7.91. The lowest BCUT2D eigenvalue weighted by molar-refractivity contribution is -0.455. The van der Waals surface area contributed by atoms with Crippen LogP contribution in [0.15, 0.2) is 55.6 Å². The molecule has 1 aliphatic carbocycles. The molecule has 55 heavy (non-hydrogen) atoms. The number of ether oxygens (including phenoxy) is 7. The van der Waals surface area contributed by atoms with Crippen molar-refractivity contribution >= 4 is 34.8 Å². The third-order valence-corrected chi connectivity index (χ3v) is 10.3. The number of benzene rings is 2. The average molecular weight is 767 g/mol. The lowest BCUT2D eigenvalue weighted by atomic mass is 9.63. The van der Waals surface area contributed by atoms with Gasteiger partial charge < -0.3 is 38.1 Å². The van der Waals surface area contributed by atoms with Crippen LogP contribution in [0.3, 0.4) is 0 Å². The lowest BCUT2D eigenvalue weighted by Gasteiger charge is -2.52. The van der Waals surface area contributed by atoms with Gasteiger partial charge in [-0.1, -0.05) is 13.2 Å². The third-order valence-electron chi connectivity index (χ3n) is 10.3. The fraction of sp³-hybridized carbons (Fsp3) is 0.436. The van der Waals surface area contributed by atoms with E-state index < -0.39 is 36.0 Å². The maximum atomic E-state index is 13.5. The molecule has 296 valence electrons. The summed E-state index contributed by atoms with van der Waals surface area (Å²) in [6, 6.07) is 9.40. The van der Waals surface area contributed by atoms with Crippen molar-refractivity contribution in [2.75, 3.05) is 55.7 Å². The molecule has 1 N–H and O–H groups in total. The highest BCUT2D eigenvalue weighted by atomic mass is 17.5. The molecule has 16 heteroatoms. The van der Waals surface area contributed by atoms with Crippen molar-refractivity contribution in [3.63, 3.8) is 0 Å². The molecule has 16 nitrogen and oxygen atoms in total. The largest absolute Gasteiger partial charge is 0.497 e. The lowest BCUT2D eigenvalue weighted by Crippen LogP contribution is -2.58. The van der Waals surface area contributed by atoms with Gasteiger partial charge >= 0.3 is 23.9 Å². The highest BCUT2D eigenvalue weighted by Crippen LogP contribution is 2.51. The molecule has 0 unspecified atom stereocenters. The summed E-state index contributed by atoms with van der Waals surface area (Å²) in [6.45, 7) is 7.81. The molecule has 1 saturated heterocycles. The molecule has 6 atom stereocenters. The summed E-state index contributed by atoms with van der Waals surface area (Å²) in [6.07, 6.45) is 2.62. The van der Waals surface area contributed by atoms with Crippen molar-refractivity contribution in [2.24, 2.45) is 17.8 Å². The number of carbonyl (C=O) groups is 4. The number of esters is 2. The van der Waals surface area contributed by atoms with Gasteiger partial charge in [-0.3, -0.25) is 19.5 Å². The van der Waals surface area contributed by atoms with E-state index in [4.69, 9.17) is 33.2 Å². The summed E-state index contributed by atoms with van der Waals surface area (Å²) < 4.78 is 39.1. The Morgan fingerprint density at radius 2 is 1.53 bits per heavy atom. The minimum Gasteiger partial charge on any atom is -0.497 e. The van der Waals surface area contributed by atoms with Crippen LogP contribution in [0.25, 0.3) is 10.9 Å². The smallest absolute Gasteiger partial charge is 0.369 e. The number of nitrogens with one attached hydrogen (secondary N) is 1. The third kappa shape index (κ3) is 8.56. The number of aromatic amines is 1. The molecule has 0 amide bonds. The van der Waals surface area contributed by atoms with E-state index in [2.05, 4.69) is 43.9 Å². The molecule has 3 heterocycles. The Labute approximate surface area is 318 Å². The van der Waals surface area contributed by atoms with Crippen LogP contribution in [0.2, 0.25) is 0 Å². The Hall–Kier alpha value is -5.58. The van der Waals surface area contributed by atoms with Crippen LogP contribution in [0.1, 0.15) is 40.5 Å². The van der Waals surface area contributed by atoms with Crippen molar-refractivity contribution in [1.82, 2.24) is 9.88 Å². The summed E-state index contributed by atoms with van der Waals surface area (Å²) in [4.78, 5) is 61.2. The number of H-pyrrole nitrogens is 1. The maximum absolute atomic E-state index is 13.5. The topological polar surface area (TPSA) is 180 Å². The monoisotopic (exact) mass is 766 g/mol. The van der Waals surface area contributed by atoms with Crippen LogP contribution in [0, 0.1) is 17.8 Å². The zero-order valence-electron chi connectivity index (χ0n) is 31.6. The van der Waals surface area contributed by atoms with Crippen LogP contribution in [0.5, 0.6) is 23.0 Å². The van der Waals surface area contributed by atoms with Crippen molar-refractivity contribution in [3.8, 4) is 23.0 Å². The molecule has 0 spiro atoms. The summed E-state index contributed by atoms with van der Waals surface area (Å²) in [5.74, 6) is -1.28. The summed E-state index contributed by atoms with van der Waals surface area (Å²) >= 11 is 0. The van der Waals surface area contributed by atoms with E-state index in [1.807, 2.05) is 12.1 Å². The SMILES string of the molecule is C=CC(=O)OOOC(=O)C=C.COC(=O)[C@H]1[C@H]2C[C@@H]3c4[nH]c5cc(OC)ccc5c4CCN3C[C@H]2C[C@@H](OC(=O)c2cc(OC)c(OC)c(OC)c2)[C@@H]1OC. The summed E-state index contributed by atoms with van der Waals surface area (Å²) in [5, 5.41) is 4.91. The van der Waals surface area contributed by atoms with Gasteiger partial charge in [0.05, 0.1) is 53.1 Å². The van der Waals surface area contributed by atoms with E-state index >= 15 is 0 Å². The zero-order valence-corrected chi connectivity index (χ0v) is 31.6. The van der Waals surface area contributed by atoms with Gasteiger partial charge in [-0.25, -0.2) is 14.4 Å². The van der Waals surface area contributed by atoms with Crippen LogP contribution in [-0.4, -0.2) is 102 Å². The van der Waals surface area contributed by atoms with Gasteiger partial charge in [0.1, 0.15) is 18.0 Å². The van der Waals surface area contributed by atoms with Crippen molar-refractivity contribution in [3.05, 3.63) is 72.5 Å². The Morgan fingerprint density at radius 1 is 0.855 bits per heavy atom. The first kappa shape index (κ1) is 40.6. The van der Waals surface area contributed by atoms with Crippen molar-refractivity contribution in [1.29, 1.82) is 0 Å². The zero-order chi connectivity index (χ0) is 39.8. The molecule has 2 aromatic carbocycles. The fourth-order valence-electron chi connectivity index (χ4n) is 7.91. The summed E-state index contributed by atoms with van der Waals surface area (Å²) in [5.41, 5.74) is 3.83. The molecular weight excluding hydrogens is 720 g/mol. The van der Waals surface area contributed by atoms with Gasteiger partial charge in [-0.05, 0) is 60.9 Å². The van der Waals surface area contributed by atoms with Crippen LogP contribution in [-0.2, 0) is 49.8 Å². The van der Waals surface area contributed by atoms with E-state index in [-0.39, 0.29) is 29.4 Å². The molecule has 6 rings (SSSR count). The number of piperidine rings is 1. The van der Waals surface area contributed by atoms with Gasteiger partial charge in [0.15, 0.2) is 11.5 Å². The Morgan fingerprint density at radius 3 is 2.09 bits per heavy atom. The predicted molar refractivity (Wildman–Crippen MR) is 194 cm³/mol. The minimum atomic E-state index is -0.859. The number of carbonyl (C=O) groups excluding carboxylic acids is 4. The molecule has 3 aliphatic rings. The second-order valence-corrected chi connectivity index (χ2v) is 13.0. The Kier molecular flexibility index (Phi) is 13.4. The predicted octanol–water partition coefficient (Wildman–Crippen LogP) is 4.46. The number of rotatable bonds is 12. The van der Waals surface area contributed by atoms with E-state index in [9.17, 15) is 19.2 Å². The van der Waals surface area contributed by atoms with Crippen molar-refractivity contribution < 1.29 is 67.1 Å². The Bertz CT molecular complexity index is 1860. The number of aromatic nitrogens is 1. The van der Waals surface area contributed by atoms with Gasteiger partial charge in [0.25, 0.3) is 0 Å². The quantitative estimate of drug-likeness (QED) is 0.118. The van der Waals surface area contributed by atoms with E-state index in [1.54, 1.807) is 26.4 Å². The van der Waals surface area contributed by atoms with Gasteiger partial charge in [0, 0.05) is 60.1 Å². The highest BCUT2D eigenvalue weighted by molar-refractivity contribution is 5.91. The maximum Gasteiger partial charge on any atom is 0.369 e. The first-order valence-corrected chi connectivity index (χ1v) is 17.4. The van der Waals surface area contributed by atoms with E-state index in [0.717, 1.165) is 49.3 Å². The highest BCUT2D eigenvalue weighted by Gasteiger charge is 2.54. The molecule has 2 fully saturated rings. The number of nitrogens with zero attached hydrogens (tertiary/aromatic N) is 1. The normalized spacial score (nSPS) is 22.5. The molecule has 0 radical (unpaired) electrons. The standard InChI is InChI=1S/C33H40N2O9.C6H6O5/c1-38-19-7-8-20-21-9-10-35-16-18-13-27(44-32(36)17-11-25(39-2)30(41-4)26(12-17)40-3)31(42-5)28(33(37)43-6)22(18)15-24(35)29(21)34-23(20)14-19;1-3-5(7)9-11-10-6(8)4-2/h7-8,11-12,14,18,22,24,27-28,31,34H,9-10,13,15-16H2,1-6H3;3-4H,1-2H2/t18-,22+,24-,27-,28+,31+;/m1./s1. The number of hydrogen-bond donors (Lipinski definition) is 1. The molecule has 2 aliphatic heterocycles. The molecule has 1 saturated carbocycles. The average Bonchev–Trinajstić information content (AvgIpc) is 3.59. The number of methoxy groups -OCH3 is 6. The molecule has 1 aromatic heterocycles. The molecular formula is C39H46N2O14. The van der Waals surface area contributed by atoms with E-state index in [0.29, 0.717) is 23.7 Å². The first-order chi connectivity index (χ1) is 26.5. The second-order valence-electron chi connectivity index (χ2n) is 13.0. The summed E-state index contributed by atoms with van der Waals surface area (Å²) in [7, 11) is 9.10. The van der Waals surface area contributed by atoms with Crippen molar-refractivity contribution in [2.45, 2.75) is 37.5 Å². The van der Waals surface area contributed by atoms with Gasteiger partial charge in [-0.15, -0.1) is 0 Å². The van der Waals surface area contributed by atoms with Crippen LogP contribution >= 0.6 is 0 Å². The van der Waals surface area contributed by atoms with Gasteiger partial charge in [-0.2, -0.15) is 0 Å². The second kappa shape index (κ2) is 18.2. The Balaban J connectivity index is 0.000000460. The van der Waals surface area contributed by atoms with Crippen LogP contribution < -0.4 is 18.9 Å². The first-order valence-electron chi connectivity index (χ1n) is 17.4. The number of hydrogen-bond acceptors (Lipinski definition) is 15. The van der Waals surface area contributed by atoms with Gasteiger partial charge in [0.2, 0.25) is 5.75 Å².